The van der Waals surface area contributed by atoms with Crippen molar-refractivity contribution in [2.24, 2.45) is 11.8 Å². The van der Waals surface area contributed by atoms with E-state index in [1.807, 2.05) is 28.6 Å². The fourth-order valence-corrected chi connectivity index (χ4v) is 5.41. The maximum Gasteiger partial charge on any atom is 0.253 e. The predicted octanol–water partition coefficient (Wildman–Crippen LogP) is 6.31. The van der Waals surface area contributed by atoms with Gasteiger partial charge in [0.05, 0.1) is 5.52 Å². The summed E-state index contributed by atoms with van der Waals surface area (Å²) in [6.07, 6.45) is 9.57. The van der Waals surface area contributed by atoms with Gasteiger partial charge in [0.2, 0.25) is 0 Å². The molecular weight excluding hydrogens is 446 g/mol. The molecule has 3 aromatic rings. The van der Waals surface area contributed by atoms with E-state index in [-0.39, 0.29) is 11.7 Å². The smallest absolute Gasteiger partial charge is 0.253 e. The van der Waals surface area contributed by atoms with Crippen LogP contribution in [0.1, 0.15) is 71.2 Å². The summed E-state index contributed by atoms with van der Waals surface area (Å²) in [5.74, 6) is 1.57. The molecule has 1 saturated heterocycles. The Morgan fingerprint density at radius 3 is 2.41 bits per heavy atom. The quantitative estimate of drug-likeness (QED) is 0.374. The number of hydrogen-bond acceptors (Lipinski definition) is 3. The monoisotopic (exact) mass is 477 g/mol. The van der Waals surface area contributed by atoms with Crippen molar-refractivity contribution < 1.29 is 9.59 Å². The molecule has 1 aliphatic carbocycles. The first kappa shape index (κ1) is 23.1. The van der Waals surface area contributed by atoms with Gasteiger partial charge in [0.25, 0.3) is 5.91 Å². The van der Waals surface area contributed by atoms with Crippen molar-refractivity contribution in [1.29, 1.82) is 0 Å². The number of fused-ring (bicyclic) bond motifs is 1. The number of Topliss-reactive ketones (excluding diaryl/α,β-unsaturated/α-hetero) is 1. The highest BCUT2D eigenvalue weighted by Crippen LogP contribution is 2.32. The average Bonchev–Trinajstić information content (AvgIpc) is 3.22. The van der Waals surface area contributed by atoms with Gasteiger partial charge in [0.1, 0.15) is 0 Å². The van der Waals surface area contributed by atoms with E-state index < -0.39 is 0 Å². The number of nitrogens with zero attached hydrogens (tertiary/aromatic N) is 3. The number of carbonyl (C=O) groups excluding carboxylic acids is 2. The van der Waals surface area contributed by atoms with Gasteiger partial charge in [0.15, 0.2) is 5.78 Å². The molecule has 5 nitrogen and oxygen atoms in total. The Hall–Kier alpha value is -2.66. The number of rotatable bonds is 7. The first-order chi connectivity index (χ1) is 16.5. The molecule has 0 N–H and O–H groups in total. The third-order valence-corrected chi connectivity index (χ3v) is 8.00. The van der Waals surface area contributed by atoms with Crippen LogP contribution in [0.4, 0.5) is 0 Å². The number of benzene rings is 2. The highest BCUT2D eigenvalue weighted by molar-refractivity contribution is 6.30. The van der Waals surface area contributed by atoms with Crippen molar-refractivity contribution in [3.05, 3.63) is 64.3 Å². The number of amides is 1. The third kappa shape index (κ3) is 4.90. The van der Waals surface area contributed by atoms with E-state index in [1.54, 1.807) is 24.3 Å². The van der Waals surface area contributed by atoms with Crippen LogP contribution < -0.4 is 0 Å². The molecule has 2 fully saturated rings. The molecule has 0 atom stereocenters. The van der Waals surface area contributed by atoms with Gasteiger partial charge in [-0.2, -0.15) is 5.10 Å². The minimum Gasteiger partial charge on any atom is -0.339 e. The van der Waals surface area contributed by atoms with Crippen molar-refractivity contribution in [3.63, 3.8) is 0 Å². The van der Waals surface area contributed by atoms with E-state index in [4.69, 9.17) is 16.7 Å². The lowest BCUT2D eigenvalue weighted by Crippen LogP contribution is -2.39. The van der Waals surface area contributed by atoms with Gasteiger partial charge in [-0.3, -0.25) is 14.3 Å². The molecule has 0 radical (unpaired) electrons. The molecule has 0 unspecified atom stereocenters. The number of carbonyl (C=O) groups is 2. The van der Waals surface area contributed by atoms with Gasteiger partial charge >= 0.3 is 0 Å². The third-order valence-electron chi connectivity index (χ3n) is 7.75. The lowest BCUT2D eigenvalue weighted by atomic mass is 9.81. The summed E-state index contributed by atoms with van der Waals surface area (Å²) in [6.45, 7) is 4.39. The Bertz CT molecular complexity index is 1190. The van der Waals surface area contributed by atoms with Gasteiger partial charge in [0, 0.05) is 53.8 Å². The standard InChI is InChI=1S/C28H32ClN3O2/c1-19-24(27(33)12-5-20-3-2-4-20)10-11-26-25(19)18-32(30-26)17-21-13-15-31(16-14-21)28(34)22-6-8-23(29)9-7-22/h6-11,18,20-21H,2-5,12-17H2,1H3. The topological polar surface area (TPSA) is 55.2 Å². The minimum atomic E-state index is 0.0741. The summed E-state index contributed by atoms with van der Waals surface area (Å²) >= 11 is 5.94. The van der Waals surface area contributed by atoms with Crippen molar-refractivity contribution in [2.45, 2.75) is 58.4 Å². The molecule has 0 spiro atoms. The van der Waals surface area contributed by atoms with Gasteiger partial charge in [-0.15, -0.1) is 0 Å². The van der Waals surface area contributed by atoms with E-state index in [1.165, 1.54) is 19.3 Å². The van der Waals surface area contributed by atoms with Crippen molar-refractivity contribution in [1.82, 2.24) is 14.7 Å². The fourth-order valence-electron chi connectivity index (χ4n) is 5.29. The minimum absolute atomic E-state index is 0.0741. The van der Waals surface area contributed by atoms with Crippen LogP contribution in [0.5, 0.6) is 0 Å². The Morgan fingerprint density at radius 2 is 1.74 bits per heavy atom. The van der Waals surface area contributed by atoms with Crippen molar-refractivity contribution in [2.75, 3.05) is 13.1 Å². The molecule has 2 aromatic carbocycles. The molecule has 6 heteroatoms. The fraction of sp³-hybridized carbons (Fsp3) is 0.464. The van der Waals surface area contributed by atoms with E-state index in [2.05, 4.69) is 6.20 Å². The Kier molecular flexibility index (Phi) is 6.73. The second kappa shape index (κ2) is 9.91. The second-order valence-corrected chi connectivity index (χ2v) is 10.5. The molecular formula is C28H32ClN3O2. The van der Waals surface area contributed by atoms with Crippen LogP contribution in [0.25, 0.3) is 10.9 Å². The lowest BCUT2D eigenvalue weighted by Gasteiger charge is -2.32. The molecule has 0 bridgehead atoms. The normalized spacial score (nSPS) is 17.2. The second-order valence-electron chi connectivity index (χ2n) is 10.0. The van der Waals surface area contributed by atoms with E-state index in [0.717, 1.165) is 66.8 Å². The van der Waals surface area contributed by atoms with Gasteiger partial charge in [-0.1, -0.05) is 30.9 Å². The molecule has 1 amide bonds. The molecule has 1 saturated carbocycles. The lowest BCUT2D eigenvalue weighted by molar-refractivity contribution is 0.0681. The molecule has 178 valence electrons. The summed E-state index contributed by atoms with van der Waals surface area (Å²) in [4.78, 5) is 27.5. The van der Waals surface area contributed by atoms with E-state index in [0.29, 0.717) is 22.9 Å². The number of likely N-dealkylation sites (tertiary alicyclic amines) is 1. The summed E-state index contributed by atoms with van der Waals surface area (Å²) in [6, 6.07) is 11.1. The van der Waals surface area contributed by atoms with Crippen molar-refractivity contribution in [3.8, 4) is 0 Å². The Balaban J connectivity index is 1.20. The highest BCUT2D eigenvalue weighted by atomic mass is 35.5. The summed E-state index contributed by atoms with van der Waals surface area (Å²) in [5, 5.41) is 6.50. The predicted molar refractivity (Wildman–Crippen MR) is 135 cm³/mol. The Morgan fingerprint density at radius 1 is 1.00 bits per heavy atom. The maximum absolute atomic E-state index is 12.8. The molecule has 34 heavy (non-hydrogen) atoms. The summed E-state index contributed by atoms with van der Waals surface area (Å²) in [5.41, 5.74) is 3.53. The van der Waals surface area contributed by atoms with Gasteiger partial charge < -0.3 is 4.90 Å². The van der Waals surface area contributed by atoms with Crippen LogP contribution in [0.15, 0.2) is 42.6 Å². The highest BCUT2D eigenvalue weighted by Gasteiger charge is 2.25. The maximum atomic E-state index is 12.8. The number of piperidine rings is 1. The zero-order valence-corrected chi connectivity index (χ0v) is 20.6. The first-order valence-corrected chi connectivity index (χ1v) is 12.9. The largest absolute Gasteiger partial charge is 0.339 e. The van der Waals surface area contributed by atoms with Crippen LogP contribution in [0.2, 0.25) is 5.02 Å². The SMILES string of the molecule is Cc1c(C(=O)CCC2CCC2)ccc2nn(CC3CCN(C(=O)c4ccc(Cl)cc4)CC3)cc12. The van der Waals surface area contributed by atoms with Crippen LogP contribution in [0, 0.1) is 18.8 Å². The van der Waals surface area contributed by atoms with Crippen LogP contribution in [-0.4, -0.2) is 39.5 Å². The number of aryl methyl sites for hydroxylation is 1. The van der Waals surface area contributed by atoms with E-state index >= 15 is 0 Å². The summed E-state index contributed by atoms with van der Waals surface area (Å²) in [7, 11) is 0. The summed E-state index contributed by atoms with van der Waals surface area (Å²) < 4.78 is 2.03. The molecule has 1 aromatic heterocycles. The van der Waals surface area contributed by atoms with Crippen LogP contribution in [-0.2, 0) is 6.54 Å². The number of halogens is 1. The molecule has 1 aliphatic heterocycles. The van der Waals surface area contributed by atoms with Crippen molar-refractivity contribution >= 4 is 34.2 Å². The zero-order chi connectivity index (χ0) is 23.7. The van der Waals surface area contributed by atoms with Crippen LogP contribution in [0.3, 0.4) is 0 Å². The first-order valence-electron chi connectivity index (χ1n) is 12.5. The molecule has 2 heterocycles. The molecule has 5 rings (SSSR count). The van der Waals surface area contributed by atoms with Gasteiger partial charge in [-0.05, 0) is 80.0 Å². The number of aromatic nitrogens is 2. The zero-order valence-electron chi connectivity index (χ0n) is 19.8. The van der Waals surface area contributed by atoms with E-state index in [9.17, 15) is 9.59 Å². The van der Waals surface area contributed by atoms with Gasteiger partial charge in [-0.25, -0.2) is 0 Å². The number of ketones is 1. The average molecular weight is 478 g/mol. The molecule has 2 aliphatic rings. The van der Waals surface area contributed by atoms with Crippen LogP contribution >= 0.6 is 11.6 Å². The number of hydrogen-bond donors (Lipinski definition) is 0. The Labute approximate surface area is 206 Å².